The summed E-state index contributed by atoms with van der Waals surface area (Å²) in [5.74, 6) is -0.848. The molecule has 6 heteroatoms. The third kappa shape index (κ3) is 4.26. The summed E-state index contributed by atoms with van der Waals surface area (Å²) in [6, 6.07) is 9.71. The van der Waals surface area contributed by atoms with Gasteiger partial charge in [-0.05, 0) is 62.2 Å². The van der Waals surface area contributed by atoms with Gasteiger partial charge in [0.1, 0.15) is 5.75 Å². The first-order chi connectivity index (χ1) is 11.3. The summed E-state index contributed by atoms with van der Waals surface area (Å²) in [5, 5.41) is 12.3. The third-order valence-electron chi connectivity index (χ3n) is 3.55. The Morgan fingerprint density at radius 2 is 1.83 bits per heavy atom. The molecule has 0 saturated carbocycles. The Bertz CT molecular complexity index is 789. The molecule has 2 aromatic carbocycles. The second-order valence-corrected chi connectivity index (χ2v) is 5.93. The zero-order chi connectivity index (χ0) is 17.9. The molecule has 24 heavy (non-hydrogen) atoms. The van der Waals surface area contributed by atoms with Crippen molar-refractivity contribution < 1.29 is 19.4 Å². The molecule has 0 spiro atoms. The van der Waals surface area contributed by atoms with Gasteiger partial charge in [-0.25, -0.2) is 4.79 Å². The minimum atomic E-state index is -1.05. The van der Waals surface area contributed by atoms with Crippen molar-refractivity contribution in [3.05, 3.63) is 58.1 Å². The van der Waals surface area contributed by atoms with E-state index in [-0.39, 0.29) is 11.5 Å². The highest BCUT2D eigenvalue weighted by atomic mass is 35.5. The molecule has 0 aliphatic heterocycles. The normalized spacial score (nSPS) is 11.7. The van der Waals surface area contributed by atoms with E-state index in [0.717, 1.165) is 11.1 Å². The lowest BCUT2D eigenvalue weighted by Crippen LogP contribution is -2.30. The van der Waals surface area contributed by atoms with E-state index in [1.165, 1.54) is 12.1 Å². The summed E-state index contributed by atoms with van der Waals surface area (Å²) >= 11 is 5.90. The minimum Gasteiger partial charge on any atom is -0.481 e. The molecular weight excluding hydrogens is 330 g/mol. The number of amides is 1. The lowest BCUT2D eigenvalue weighted by atomic mass is 10.1. The van der Waals surface area contributed by atoms with Gasteiger partial charge in [-0.1, -0.05) is 17.7 Å². The van der Waals surface area contributed by atoms with Crippen LogP contribution < -0.4 is 10.1 Å². The predicted octanol–water partition coefficient (Wildman–Crippen LogP) is 4.06. The fourth-order valence-corrected chi connectivity index (χ4v) is 2.34. The van der Waals surface area contributed by atoms with E-state index in [1.807, 2.05) is 6.92 Å². The summed E-state index contributed by atoms with van der Waals surface area (Å²) in [5.41, 5.74) is 2.15. The molecule has 0 aliphatic carbocycles. The van der Waals surface area contributed by atoms with Crippen LogP contribution in [0.4, 0.5) is 5.69 Å². The topological polar surface area (TPSA) is 75.6 Å². The number of hydrogen-bond donors (Lipinski definition) is 2. The maximum atomic E-state index is 12.3. The molecule has 0 heterocycles. The van der Waals surface area contributed by atoms with Crippen LogP contribution in [0.15, 0.2) is 36.4 Å². The van der Waals surface area contributed by atoms with E-state index < -0.39 is 12.1 Å². The van der Waals surface area contributed by atoms with Crippen molar-refractivity contribution in [3.63, 3.8) is 0 Å². The van der Waals surface area contributed by atoms with Crippen molar-refractivity contribution in [2.24, 2.45) is 0 Å². The zero-order valence-electron chi connectivity index (χ0n) is 13.6. The van der Waals surface area contributed by atoms with Gasteiger partial charge in [0.05, 0.1) is 5.56 Å². The van der Waals surface area contributed by atoms with Crippen molar-refractivity contribution in [2.75, 3.05) is 5.32 Å². The maximum Gasteiger partial charge on any atom is 0.335 e. The Morgan fingerprint density at radius 1 is 1.12 bits per heavy atom. The molecule has 126 valence electrons. The number of nitrogens with one attached hydrogen (secondary N) is 1. The summed E-state index contributed by atoms with van der Waals surface area (Å²) in [7, 11) is 0. The number of ether oxygens (including phenoxy) is 1. The van der Waals surface area contributed by atoms with Gasteiger partial charge >= 0.3 is 5.97 Å². The quantitative estimate of drug-likeness (QED) is 0.855. The van der Waals surface area contributed by atoms with Crippen molar-refractivity contribution in [1.29, 1.82) is 0 Å². The number of halogens is 1. The number of benzene rings is 2. The zero-order valence-corrected chi connectivity index (χ0v) is 14.3. The second kappa shape index (κ2) is 7.36. The first kappa shape index (κ1) is 17.8. The number of hydrogen-bond acceptors (Lipinski definition) is 3. The molecule has 1 amide bonds. The smallest absolute Gasteiger partial charge is 0.335 e. The van der Waals surface area contributed by atoms with Crippen LogP contribution in [0, 0.1) is 13.8 Å². The summed E-state index contributed by atoms with van der Waals surface area (Å²) in [6.45, 7) is 5.25. The molecule has 0 radical (unpaired) electrons. The molecule has 0 fully saturated rings. The molecule has 1 atom stereocenters. The Labute approximate surface area is 145 Å². The Kier molecular flexibility index (Phi) is 5.46. The van der Waals surface area contributed by atoms with E-state index in [0.29, 0.717) is 16.5 Å². The summed E-state index contributed by atoms with van der Waals surface area (Å²) in [4.78, 5) is 23.4. The van der Waals surface area contributed by atoms with E-state index in [2.05, 4.69) is 5.32 Å². The molecule has 0 unspecified atom stereocenters. The second-order valence-electron chi connectivity index (χ2n) is 5.49. The first-order valence-electron chi connectivity index (χ1n) is 7.35. The van der Waals surface area contributed by atoms with Crippen molar-refractivity contribution >= 4 is 29.2 Å². The van der Waals surface area contributed by atoms with Gasteiger partial charge in [0, 0.05) is 10.7 Å². The lowest BCUT2D eigenvalue weighted by Gasteiger charge is -2.17. The van der Waals surface area contributed by atoms with Crippen molar-refractivity contribution in [3.8, 4) is 5.75 Å². The van der Waals surface area contributed by atoms with Crippen LogP contribution in [0.2, 0.25) is 5.02 Å². The minimum absolute atomic E-state index is 0.109. The van der Waals surface area contributed by atoms with Gasteiger partial charge in [-0.15, -0.1) is 0 Å². The van der Waals surface area contributed by atoms with E-state index >= 15 is 0 Å². The number of anilines is 1. The van der Waals surface area contributed by atoms with Crippen LogP contribution in [0.5, 0.6) is 5.75 Å². The lowest BCUT2D eigenvalue weighted by molar-refractivity contribution is -0.122. The molecule has 2 aromatic rings. The molecule has 0 aliphatic rings. The number of rotatable bonds is 5. The average Bonchev–Trinajstić information content (AvgIpc) is 2.51. The molecule has 0 aromatic heterocycles. The van der Waals surface area contributed by atoms with Crippen LogP contribution in [-0.4, -0.2) is 23.1 Å². The number of aryl methyl sites for hydroxylation is 2. The van der Waals surface area contributed by atoms with Crippen LogP contribution in [0.25, 0.3) is 0 Å². The molecule has 5 nitrogen and oxygen atoms in total. The number of carbonyl (C=O) groups is 2. The maximum absolute atomic E-state index is 12.3. The van der Waals surface area contributed by atoms with Gasteiger partial charge in [0.2, 0.25) is 0 Å². The largest absolute Gasteiger partial charge is 0.481 e. The van der Waals surface area contributed by atoms with Gasteiger partial charge in [-0.3, -0.25) is 4.79 Å². The third-order valence-corrected chi connectivity index (χ3v) is 3.79. The van der Waals surface area contributed by atoms with Crippen molar-refractivity contribution in [2.45, 2.75) is 26.9 Å². The van der Waals surface area contributed by atoms with E-state index in [4.69, 9.17) is 21.4 Å². The van der Waals surface area contributed by atoms with Crippen LogP contribution >= 0.6 is 11.6 Å². The van der Waals surface area contributed by atoms with Crippen LogP contribution in [0.1, 0.15) is 28.4 Å². The highest BCUT2D eigenvalue weighted by Crippen LogP contribution is 2.23. The predicted molar refractivity (Wildman–Crippen MR) is 93.0 cm³/mol. The van der Waals surface area contributed by atoms with Crippen LogP contribution in [-0.2, 0) is 4.79 Å². The Hall–Kier alpha value is -2.53. The van der Waals surface area contributed by atoms with Crippen molar-refractivity contribution in [1.82, 2.24) is 0 Å². The summed E-state index contributed by atoms with van der Waals surface area (Å²) in [6.07, 6.45) is -0.752. The van der Waals surface area contributed by atoms with Gasteiger partial charge < -0.3 is 15.2 Å². The molecule has 2 N–H and O–H groups in total. The Balaban J connectivity index is 2.11. The Morgan fingerprint density at radius 3 is 2.46 bits per heavy atom. The van der Waals surface area contributed by atoms with Crippen LogP contribution in [0.3, 0.4) is 0 Å². The molecule has 0 bridgehead atoms. The number of carbonyl (C=O) groups excluding carboxylic acids is 1. The average molecular weight is 348 g/mol. The fraction of sp³-hybridized carbons (Fsp3) is 0.222. The number of carboxylic acid groups (broad SMARTS) is 1. The highest BCUT2D eigenvalue weighted by Gasteiger charge is 2.17. The van der Waals surface area contributed by atoms with Gasteiger partial charge in [0.25, 0.3) is 5.91 Å². The van der Waals surface area contributed by atoms with E-state index in [9.17, 15) is 9.59 Å². The molecular formula is C18H18ClNO4. The summed E-state index contributed by atoms with van der Waals surface area (Å²) < 4.78 is 5.66. The van der Waals surface area contributed by atoms with Gasteiger partial charge in [-0.2, -0.15) is 0 Å². The fourth-order valence-electron chi connectivity index (χ4n) is 2.11. The molecule has 0 saturated heterocycles. The first-order valence-corrected chi connectivity index (χ1v) is 7.73. The standard InChI is InChI=1S/C18H18ClNO4/c1-10-4-5-13(18(22)23)9-15(10)20-17(21)12(3)24-16-7-6-14(19)8-11(16)2/h4-9,12H,1-3H3,(H,20,21)(H,22,23)/t12-/m0/s1. The highest BCUT2D eigenvalue weighted by molar-refractivity contribution is 6.30. The van der Waals surface area contributed by atoms with E-state index in [1.54, 1.807) is 38.1 Å². The molecule has 2 rings (SSSR count). The SMILES string of the molecule is Cc1ccc(C(=O)O)cc1NC(=O)[C@H](C)Oc1ccc(Cl)cc1C. The number of aromatic carboxylic acids is 1. The van der Waals surface area contributed by atoms with Gasteiger partial charge in [0.15, 0.2) is 6.10 Å². The monoisotopic (exact) mass is 347 g/mol. The number of carboxylic acids is 1.